The molecule has 0 spiro atoms. The summed E-state index contributed by atoms with van der Waals surface area (Å²) in [7, 11) is -3.34. The van der Waals surface area contributed by atoms with E-state index in [2.05, 4.69) is 15.3 Å². The maximum Gasteiger partial charge on any atom is 0.435 e. The number of allylic oxidation sites excluding steroid dienone is 1. The summed E-state index contributed by atoms with van der Waals surface area (Å²) < 4.78 is 76.5. The lowest BCUT2D eigenvalue weighted by atomic mass is 10.0. The van der Waals surface area contributed by atoms with Gasteiger partial charge in [-0.15, -0.1) is 0 Å². The molecule has 13 heteroatoms. The normalized spacial score (nSPS) is 14.3. The van der Waals surface area contributed by atoms with Gasteiger partial charge in [0.05, 0.1) is 16.9 Å². The smallest absolute Gasteiger partial charge is 0.369 e. The summed E-state index contributed by atoms with van der Waals surface area (Å²) in [5.74, 6) is -2.67. The van der Waals surface area contributed by atoms with Crippen LogP contribution in [0.3, 0.4) is 0 Å². The third kappa shape index (κ3) is 7.76. The maximum atomic E-state index is 13.6. The monoisotopic (exact) mass is 509 g/mol. The maximum absolute atomic E-state index is 13.6. The predicted molar refractivity (Wildman–Crippen MR) is 114 cm³/mol. The molecule has 1 heterocycles. The number of carbonyl (C=O) groups is 1. The number of benzene rings is 1. The lowest BCUT2D eigenvalue weighted by Gasteiger charge is -2.19. The molecule has 1 aromatic carbocycles. The summed E-state index contributed by atoms with van der Waals surface area (Å²) in [6, 6.07) is 3.45. The molecule has 2 atom stereocenters. The molecule has 0 aliphatic rings. The number of hydrogen-bond acceptors (Lipinski definition) is 7. The topological polar surface area (TPSA) is 109 Å². The van der Waals surface area contributed by atoms with E-state index in [-0.39, 0.29) is 24.3 Å². The van der Waals surface area contributed by atoms with E-state index in [4.69, 9.17) is 11.6 Å². The molecule has 0 unspecified atom stereocenters. The zero-order chi connectivity index (χ0) is 25.0. The van der Waals surface area contributed by atoms with Gasteiger partial charge in [0.25, 0.3) is 0 Å². The summed E-state index contributed by atoms with van der Waals surface area (Å²) in [4.78, 5) is 19.3. The van der Waals surface area contributed by atoms with Crippen LogP contribution in [0.15, 0.2) is 35.9 Å². The Morgan fingerprint density at radius 2 is 2.00 bits per heavy atom. The first-order valence-corrected chi connectivity index (χ1v) is 11.8. The van der Waals surface area contributed by atoms with Gasteiger partial charge in [0.15, 0.2) is 33.4 Å². The summed E-state index contributed by atoms with van der Waals surface area (Å²) in [5, 5.41) is 12.8. The van der Waals surface area contributed by atoms with Crippen LogP contribution in [0.5, 0.6) is 0 Å². The number of rotatable bonds is 9. The van der Waals surface area contributed by atoms with Gasteiger partial charge in [-0.1, -0.05) is 36.7 Å². The number of carbonyl (C=O) groups excluding carboxylic acids is 1. The van der Waals surface area contributed by atoms with Crippen molar-refractivity contribution in [3.05, 3.63) is 63.8 Å². The summed E-state index contributed by atoms with van der Waals surface area (Å²) in [6.45, 7) is 1.64. The van der Waals surface area contributed by atoms with Crippen molar-refractivity contribution >= 4 is 32.9 Å². The third-order valence-electron chi connectivity index (χ3n) is 4.36. The molecule has 0 aliphatic heterocycles. The Bertz CT molecular complexity index is 1160. The van der Waals surface area contributed by atoms with Crippen molar-refractivity contribution in [3.63, 3.8) is 0 Å². The standard InChI is InChI=1S/C20H20ClF4N3O4S/c1-11(8-9-33(2,31)32)6-7-15(29)18-26-10-14(17(28-18)20(23,24)25)27-19(30)12-4-3-5-13(22)16(12)21/h3-5,8-11,19,27,30H,6-7H2,1-2H3/b9-8+/t11-,19-/m0/s1. The van der Waals surface area contributed by atoms with E-state index < -0.39 is 56.1 Å². The highest BCUT2D eigenvalue weighted by molar-refractivity contribution is 7.93. The molecule has 33 heavy (non-hydrogen) atoms. The average molecular weight is 510 g/mol. The lowest BCUT2D eigenvalue weighted by Crippen LogP contribution is -2.20. The van der Waals surface area contributed by atoms with Crippen molar-refractivity contribution in [2.45, 2.75) is 32.2 Å². The van der Waals surface area contributed by atoms with Gasteiger partial charge < -0.3 is 10.4 Å². The van der Waals surface area contributed by atoms with Crippen LogP contribution < -0.4 is 5.32 Å². The predicted octanol–water partition coefficient (Wildman–Crippen LogP) is 4.55. The van der Waals surface area contributed by atoms with Crippen LogP contribution in [0.4, 0.5) is 23.2 Å². The largest absolute Gasteiger partial charge is 0.435 e. The molecule has 0 saturated carbocycles. The Morgan fingerprint density at radius 1 is 1.33 bits per heavy atom. The second-order valence-electron chi connectivity index (χ2n) is 7.24. The van der Waals surface area contributed by atoms with Crippen LogP contribution >= 0.6 is 11.6 Å². The number of sulfone groups is 1. The fourth-order valence-electron chi connectivity index (χ4n) is 2.64. The lowest BCUT2D eigenvalue weighted by molar-refractivity contribution is -0.140. The quantitative estimate of drug-likeness (QED) is 0.290. The highest BCUT2D eigenvalue weighted by atomic mass is 35.5. The Kier molecular flexibility index (Phi) is 8.55. The molecule has 2 rings (SSSR count). The Balaban J connectivity index is 2.22. The van der Waals surface area contributed by atoms with Crippen molar-refractivity contribution < 1.29 is 35.9 Å². The molecule has 2 N–H and O–H groups in total. The van der Waals surface area contributed by atoms with Crippen LogP contribution in [-0.4, -0.2) is 35.5 Å². The highest BCUT2D eigenvalue weighted by Gasteiger charge is 2.37. The number of ketones is 1. The number of halogens is 5. The molecular formula is C20H20ClF4N3O4S. The number of aliphatic hydroxyl groups is 1. The number of alkyl halides is 3. The van der Waals surface area contributed by atoms with E-state index in [1.807, 2.05) is 0 Å². The zero-order valence-electron chi connectivity index (χ0n) is 17.4. The Labute approximate surface area is 192 Å². The fourth-order valence-corrected chi connectivity index (χ4v) is 3.42. The number of aliphatic hydroxyl groups excluding tert-OH is 1. The molecule has 180 valence electrons. The average Bonchev–Trinajstić information content (AvgIpc) is 2.71. The van der Waals surface area contributed by atoms with Gasteiger partial charge in [-0.05, 0) is 18.4 Å². The van der Waals surface area contributed by atoms with E-state index >= 15 is 0 Å². The zero-order valence-corrected chi connectivity index (χ0v) is 19.0. The van der Waals surface area contributed by atoms with Gasteiger partial charge in [0.2, 0.25) is 0 Å². The number of anilines is 1. The molecule has 1 aromatic heterocycles. The molecule has 0 saturated heterocycles. The van der Waals surface area contributed by atoms with E-state index in [0.717, 1.165) is 17.7 Å². The SMILES string of the molecule is C[C@H](/C=C/S(C)(=O)=O)CCC(=O)c1ncc(N[C@@H](O)c2cccc(F)c2Cl)c(C(F)(F)F)n1. The van der Waals surface area contributed by atoms with Gasteiger partial charge in [0.1, 0.15) is 5.82 Å². The van der Waals surface area contributed by atoms with Crippen molar-refractivity contribution in [2.75, 3.05) is 11.6 Å². The second kappa shape index (κ2) is 10.6. The first kappa shape index (κ1) is 26.7. The Morgan fingerprint density at radius 3 is 2.61 bits per heavy atom. The van der Waals surface area contributed by atoms with E-state index in [0.29, 0.717) is 6.20 Å². The number of Topliss-reactive ketones (excluding diaryl/α,β-unsaturated/α-hetero) is 1. The van der Waals surface area contributed by atoms with Crippen molar-refractivity contribution in [2.24, 2.45) is 5.92 Å². The summed E-state index contributed by atoms with van der Waals surface area (Å²) in [6.07, 6.45) is -3.82. The van der Waals surface area contributed by atoms with E-state index in [1.165, 1.54) is 18.2 Å². The third-order valence-corrected chi connectivity index (χ3v) is 5.41. The molecule has 7 nitrogen and oxygen atoms in total. The van der Waals surface area contributed by atoms with Gasteiger partial charge >= 0.3 is 6.18 Å². The number of nitrogens with one attached hydrogen (secondary N) is 1. The van der Waals surface area contributed by atoms with E-state index in [1.54, 1.807) is 6.92 Å². The van der Waals surface area contributed by atoms with E-state index in [9.17, 15) is 35.9 Å². The molecule has 2 aromatic rings. The molecule has 0 radical (unpaired) electrons. The number of hydrogen-bond donors (Lipinski definition) is 2. The van der Waals surface area contributed by atoms with Crippen LogP contribution in [0.2, 0.25) is 5.02 Å². The van der Waals surface area contributed by atoms with Crippen LogP contribution in [-0.2, 0) is 16.0 Å². The minimum atomic E-state index is -5.00. The second-order valence-corrected chi connectivity index (χ2v) is 9.55. The Hall–Kier alpha value is -2.57. The van der Waals surface area contributed by atoms with Crippen LogP contribution in [0, 0.1) is 11.7 Å². The van der Waals surface area contributed by atoms with Crippen LogP contribution in [0.25, 0.3) is 0 Å². The number of aromatic nitrogens is 2. The van der Waals surface area contributed by atoms with Gasteiger partial charge in [-0.25, -0.2) is 22.8 Å². The van der Waals surface area contributed by atoms with Crippen molar-refractivity contribution in [1.82, 2.24) is 9.97 Å². The minimum Gasteiger partial charge on any atom is -0.369 e. The van der Waals surface area contributed by atoms with Gasteiger partial charge in [-0.3, -0.25) is 4.79 Å². The summed E-state index contributed by atoms with van der Waals surface area (Å²) in [5.41, 5.74) is -2.45. The molecule has 0 amide bonds. The van der Waals surface area contributed by atoms with Crippen LogP contribution in [0.1, 0.15) is 47.9 Å². The van der Waals surface area contributed by atoms with Gasteiger partial charge in [-0.2, -0.15) is 13.2 Å². The first-order chi connectivity index (χ1) is 15.2. The molecule has 0 fully saturated rings. The van der Waals surface area contributed by atoms with Gasteiger partial charge in [0, 0.05) is 23.6 Å². The molecule has 0 bridgehead atoms. The molecule has 0 aliphatic carbocycles. The number of nitrogens with zero attached hydrogens (tertiary/aromatic N) is 2. The minimum absolute atomic E-state index is 0.159. The molecular weight excluding hydrogens is 490 g/mol. The fraction of sp³-hybridized carbons (Fsp3) is 0.350. The van der Waals surface area contributed by atoms with Crippen molar-refractivity contribution in [1.29, 1.82) is 0 Å². The summed E-state index contributed by atoms with van der Waals surface area (Å²) >= 11 is 5.75. The highest BCUT2D eigenvalue weighted by Crippen LogP contribution is 2.35. The van der Waals surface area contributed by atoms with Crippen molar-refractivity contribution in [3.8, 4) is 0 Å². The first-order valence-electron chi connectivity index (χ1n) is 9.43.